The van der Waals surface area contributed by atoms with Crippen LogP contribution in [0, 0.1) is 0 Å². The summed E-state index contributed by atoms with van der Waals surface area (Å²) in [5, 5.41) is 4.87. The highest BCUT2D eigenvalue weighted by Gasteiger charge is 2.09. The number of nitrogens with one attached hydrogen (secondary N) is 1. The zero-order valence-corrected chi connectivity index (χ0v) is 14.0. The van der Waals surface area contributed by atoms with E-state index in [2.05, 4.69) is 5.32 Å². The molecule has 122 valence electrons. The number of hydrogen-bond donors (Lipinski definition) is 1. The van der Waals surface area contributed by atoms with Gasteiger partial charge in [-0.3, -0.25) is 9.59 Å². The molecule has 2 rings (SSSR count). The molecule has 0 spiro atoms. The Bertz CT molecular complexity index is 620. The molecule has 4 nitrogen and oxygen atoms in total. The molecule has 0 saturated heterocycles. The summed E-state index contributed by atoms with van der Waals surface area (Å²) in [5.41, 5.74) is 0.611. The Hall–Kier alpha value is -2.14. The first-order chi connectivity index (χ1) is 11.2. The molecule has 1 aromatic heterocycles. The number of hydrogen-bond acceptors (Lipinski definition) is 4. The monoisotopic (exact) mass is 331 g/mol. The molecule has 5 heteroatoms. The Morgan fingerprint density at radius 3 is 2.57 bits per heavy atom. The van der Waals surface area contributed by atoms with Crippen molar-refractivity contribution in [1.29, 1.82) is 0 Å². The minimum Gasteiger partial charge on any atom is -0.494 e. The summed E-state index contributed by atoms with van der Waals surface area (Å²) in [4.78, 5) is 25.1. The highest BCUT2D eigenvalue weighted by atomic mass is 32.1. The SMILES string of the molecule is CCOc1ccc(C(=O)CCC(=O)NCCc2cccs2)cc1. The van der Waals surface area contributed by atoms with Crippen molar-refractivity contribution in [1.82, 2.24) is 5.32 Å². The minimum atomic E-state index is -0.0826. The lowest BCUT2D eigenvalue weighted by Gasteiger charge is -2.06. The zero-order valence-electron chi connectivity index (χ0n) is 13.2. The van der Waals surface area contributed by atoms with E-state index in [1.807, 2.05) is 24.4 Å². The van der Waals surface area contributed by atoms with E-state index in [0.29, 0.717) is 18.7 Å². The fraction of sp³-hybridized carbons (Fsp3) is 0.333. The Morgan fingerprint density at radius 2 is 1.91 bits per heavy atom. The summed E-state index contributed by atoms with van der Waals surface area (Å²) in [6.45, 7) is 3.12. The predicted molar refractivity (Wildman–Crippen MR) is 92.2 cm³/mol. The second-order valence-corrected chi connectivity index (χ2v) is 6.09. The Kier molecular flexibility index (Phi) is 6.81. The van der Waals surface area contributed by atoms with Gasteiger partial charge in [0.25, 0.3) is 0 Å². The molecule has 0 aliphatic heterocycles. The van der Waals surface area contributed by atoms with E-state index in [0.717, 1.165) is 12.2 Å². The molecule has 0 atom stereocenters. The maximum atomic E-state index is 12.1. The van der Waals surface area contributed by atoms with Gasteiger partial charge in [-0.15, -0.1) is 11.3 Å². The van der Waals surface area contributed by atoms with Crippen LogP contribution in [0.25, 0.3) is 0 Å². The average molecular weight is 331 g/mol. The van der Waals surface area contributed by atoms with Gasteiger partial charge in [0, 0.05) is 29.8 Å². The maximum Gasteiger partial charge on any atom is 0.220 e. The van der Waals surface area contributed by atoms with Gasteiger partial charge in [0.1, 0.15) is 5.75 Å². The number of ketones is 1. The number of thiophene rings is 1. The Labute approximate surface area is 140 Å². The normalized spacial score (nSPS) is 10.3. The van der Waals surface area contributed by atoms with E-state index in [1.54, 1.807) is 35.6 Å². The fourth-order valence-electron chi connectivity index (χ4n) is 2.14. The molecule has 1 aromatic carbocycles. The van der Waals surface area contributed by atoms with Crippen LogP contribution in [0.5, 0.6) is 5.75 Å². The number of rotatable bonds is 9. The van der Waals surface area contributed by atoms with Gasteiger partial charge in [-0.1, -0.05) is 6.07 Å². The fourth-order valence-corrected chi connectivity index (χ4v) is 2.85. The standard InChI is InChI=1S/C18H21NO3S/c1-2-22-15-7-5-14(6-8-15)17(20)9-10-18(21)19-12-11-16-4-3-13-23-16/h3-8,13H,2,9-12H2,1H3,(H,19,21). The lowest BCUT2D eigenvalue weighted by atomic mass is 10.1. The predicted octanol–water partition coefficient (Wildman–Crippen LogP) is 3.47. The molecule has 0 radical (unpaired) electrons. The van der Waals surface area contributed by atoms with Crippen molar-refractivity contribution in [3.05, 3.63) is 52.2 Å². The van der Waals surface area contributed by atoms with Crippen molar-refractivity contribution in [2.75, 3.05) is 13.2 Å². The molecule has 0 unspecified atom stereocenters. The summed E-state index contributed by atoms with van der Waals surface area (Å²) in [5.74, 6) is 0.637. The minimum absolute atomic E-state index is 0.0264. The Morgan fingerprint density at radius 1 is 1.13 bits per heavy atom. The summed E-state index contributed by atoms with van der Waals surface area (Å²) in [6.07, 6.45) is 1.27. The maximum absolute atomic E-state index is 12.1. The third-order valence-corrected chi connectivity index (χ3v) is 4.28. The lowest BCUT2D eigenvalue weighted by molar-refractivity contribution is -0.121. The van der Waals surface area contributed by atoms with Crippen molar-refractivity contribution < 1.29 is 14.3 Å². The molecule has 0 saturated carbocycles. The number of carbonyl (C=O) groups excluding carboxylic acids is 2. The molecule has 1 amide bonds. The highest BCUT2D eigenvalue weighted by Crippen LogP contribution is 2.14. The van der Waals surface area contributed by atoms with Crippen molar-refractivity contribution in [2.24, 2.45) is 0 Å². The first kappa shape index (κ1) is 17.2. The summed E-state index contributed by atoms with van der Waals surface area (Å²) >= 11 is 1.68. The third kappa shape index (κ3) is 5.87. The molecular weight excluding hydrogens is 310 g/mol. The molecule has 1 N–H and O–H groups in total. The van der Waals surface area contributed by atoms with Crippen LogP contribution >= 0.6 is 11.3 Å². The van der Waals surface area contributed by atoms with Crippen LogP contribution in [-0.4, -0.2) is 24.8 Å². The van der Waals surface area contributed by atoms with Crippen molar-refractivity contribution in [3.63, 3.8) is 0 Å². The van der Waals surface area contributed by atoms with Crippen LogP contribution in [0.3, 0.4) is 0 Å². The van der Waals surface area contributed by atoms with E-state index in [4.69, 9.17) is 4.74 Å². The van der Waals surface area contributed by atoms with Gasteiger partial charge in [-0.25, -0.2) is 0 Å². The van der Waals surface area contributed by atoms with Crippen LogP contribution in [0.2, 0.25) is 0 Å². The van der Waals surface area contributed by atoms with E-state index in [9.17, 15) is 9.59 Å². The van der Waals surface area contributed by atoms with Crippen LogP contribution in [0.15, 0.2) is 41.8 Å². The average Bonchev–Trinajstić information content (AvgIpc) is 3.07. The molecule has 0 aliphatic rings. The first-order valence-corrected chi connectivity index (χ1v) is 8.62. The van der Waals surface area contributed by atoms with Crippen LogP contribution in [0.1, 0.15) is 35.0 Å². The van der Waals surface area contributed by atoms with E-state index >= 15 is 0 Å². The van der Waals surface area contributed by atoms with Crippen molar-refractivity contribution in [3.8, 4) is 5.75 Å². The zero-order chi connectivity index (χ0) is 16.5. The largest absolute Gasteiger partial charge is 0.494 e. The van der Waals surface area contributed by atoms with Crippen LogP contribution in [0.4, 0.5) is 0 Å². The van der Waals surface area contributed by atoms with Gasteiger partial charge < -0.3 is 10.1 Å². The quantitative estimate of drug-likeness (QED) is 0.716. The Balaban J connectivity index is 1.69. The molecule has 2 aromatic rings. The molecule has 1 heterocycles. The smallest absolute Gasteiger partial charge is 0.220 e. The van der Waals surface area contributed by atoms with E-state index < -0.39 is 0 Å². The molecule has 0 bridgehead atoms. The topological polar surface area (TPSA) is 55.4 Å². The van der Waals surface area contributed by atoms with Gasteiger partial charge in [0.05, 0.1) is 6.61 Å². The van der Waals surface area contributed by atoms with Gasteiger partial charge in [-0.2, -0.15) is 0 Å². The van der Waals surface area contributed by atoms with Crippen LogP contribution in [-0.2, 0) is 11.2 Å². The van der Waals surface area contributed by atoms with Gasteiger partial charge in [0.15, 0.2) is 5.78 Å². The molecule has 0 fully saturated rings. The first-order valence-electron chi connectivity index (χ1n) is 7.74. The van der Waals surface area contributed by atoms with Gasteiger partial charge in [-0.05, 0) is 49.1 Å². The van der Waals surface area contributed by atoms with E-state index in [-0.39, 0.29) is 24.5 Å². The molecule has 23 heavy (non-hydrogen) atoms. The van der Waals surface area contributed by atoms with Crippen molar-refractivity contribution in [2.45, 2.75) is 26.2 Å². The second kappa shape index (κ2) is 9.10. The second-order valence-electron chi connectivity index (χ2n) is 5.06. The number of carbonyl (C=O) groups is 2. The molecule has 0 aliphatic carbocycles. The third-order valence-electron chi connectivity index (χ3n) is 3.34. The highest BCUT2D eigenvalue weighted by molar-refractivity contribution is 7.09. The van der Waals surface area contributed by atoms with Gasteiger partial charge in [0.2, 0.25) is 5.91 Å². The van der Waals surface area contributed by atoms with Crippen LogP contribution < -0.4 is 10.1 Å². The number of benzene rings is 1. The summed E-state index contributed by atoms with van der Waals surface area (Å²) in [6, 6.07) is 11.1. The number of Topliss-reactive ketones (excluding diaryl/α,β-unsaturated/α-hetero) is 1. The van der Waals surface area contributed by atoms with Crippen molar-refractivity contribution >= 4 is 23.0 Å². The number of amides is 1. The lowest BCUT2D eigenvalue weighted by Crippen LogP contribution is -2.25. The summed E-state index contributed by atoms with van der Waals surface area (Å²) in [7, 11) is 0. The van der Waals surface area contributed by atoms with Gasteiger partial charge >= 0.3 is 0 Å². The number of ether oxygens (including phenoxy) is 1. The molecular formula is C18H21NO3S. The summed E-state index contributed by atoms with van der Waals surface area (Å²) < 4.78 is 5.34. The van der Waals surface area contributed by atoms with E-state index in [1.165, 1.54) is 4.88 Å².